The minimum absolute atomic E-state index is 0.484. The smallest absolute Gasteiger partial charge is 0.187 e. The Balaban J connectivity index is 1.62. The molecule has 4 nitrogen and oxygen atoms in total. The lowest BCUT2D eigenvalue weighted by Crippen LogP contribution is -2.41. The van der Waals surface area contributed by atoms with E-state index < -0.39 is 0 Å². The van der Waals surface area contributed by atoms with Gasteiger partial charge in [-0.05, 0) is 44.1 Å². The molecule has 0 radical (unpaired) electrons. The van der Waals surface area contributed by atoms with Crippen LogP contribution in [0.25, 0.3) is 10.9 Å². The molecule has 0 saturated heterocycles. The number of pyridine rings is 1. The first-order valence-corrected chi connectivity index (χ1v) is 8.60. The highest BCUT2D eigenvalue weighted by molar-refractivity contribution is 7.80. The van der Waals surface area contributed by atoms with Crippen LogP contribution in [0.4, 0.5) is 0 Å². The SMILES string of the molecule is CC(=NNC(=S)NC1CCCCC1)c1ccc2ccccc2n1. The van der Waals surface area contributed by atoms with E-state index >= 15 is 0 Å². The Kier molecular flexibility index (Phi) is 5.18. The van der Waals surface area contributed by atoms with E-state index in [1.165, 1.54) is 32.1 Å². The van der Waals surface area contributed by atoms with Crippen molar-refractivity contribution in [2.45, 2.75) is 45.1 Å². The van der Waals surface area contributed by atoms with Crippen molar-refractivity contribution in [1.29, 1.82) is 0 Å². The van der Waals surface area contributed by atoms with Gasteiger partial charge < -0.3 is 5.32 Å². The van der Waals surface area contributed by atoms with E-state index in [9.17, 15) is 0 Å². The molecular formula is C18H22N4S. The van der Waals surface area contributed by atoms with Gasteiger partial charge in [-0.15, -0.1) is 0 Å². The summed E-state index contributed by atoms with van der Waals surface area (Å²) in [6.45, 7) is 1.94. The van der Waals surface area contributed by atoms with E-state index in [2.05, 4.69) is 33.0 Å². The van der Waals surface area contributed by atoms with Crippen LogP contribution in [0.5, 0.6) is 0 Å². The summed E-state index contributed by atoms with van der Waals surface area (Å²) in [6, 6.07) is 12.6. The minimum atomic E-state index is 0.484. The van der Waals surface area contributed by atoms with Gasteiger partial charge in [-0.25, -0.2) is 4.98 Å². The summed E-state index contributed by atoms with van der Waals surface area (Å²) in [5.74, 6) is 0. The lowest BCUT2D eigenvalue weighted by molar-refractivity contribution is 0.412. The maximum absolute atomic E-state index is 5.33. The molecule has 5 heteroatoms. The van der Waals surface area contributed by atoms with Crippen LogP contribution in [0.3, 0.4) is 0 Å². The number of nitrogens with one attached hydrogen (secondary N) is 2. The van der Waals surface area contributed by atoms with Crippen LogP contribution in [-0.4, -0.2) is 21.8 Å². The van der Waals surface area contributed by atoms with Gasteiger partial charge in [0.2, 0.25) is 0 Å². The summed E-state index contributed by atoms with van der Waals surface area (Å²) in [5.41, 5.74) is 5.60. The second kappa shape index (κ2) is 7.51. The van der Waals surface area contributed by atoms with Gasteiger partial charge in [-0.1, -0.05) is 43.5 Å². The minimum Gasteiger partial charge on any atom is -0.359 e. The highest BCUT2D eigenvalue weighted by Gasteiger charge is 2.13. The average molecular weight is 326 g/mol. The first-order valence-electron chi connectivity index (χ1n) is 8.19. The van der Waals surface area contributed by atoms with Crippen molar-refractivity contribution in [3.63, 3.8) is 0 Å². The third kappa shape index (κ3) is 4.26. The molecule has 2 N–H and O–H groups in total. The van der Waals surface area contributed by atoms with E-state index in [-0.39, 0.29) is 0 Å². The van der Waals surface area contributed by atoms with Crippen LogP contribution >= 0.6 is 12.2 Å². The number of hydrogen-bond acceptors (Lipinski definition) is 3. The van der Waals surface area contributed by atoms with Gasteiger partial charge in [-0.2, -0.15) is 5.10 Å². The zero-order chi connectivity index (χ0) is 16.1. The molecule has 1 fully saturated rings. The molecule has 23 heavy (non-hydrogen) atoms. The number of hydrazone groups is 1. The number of benzene rings is 1. The molecule has 120 valence electrons. The number of nitrogens with zero attached hydrogens (tertiary/aromatic N) is 2. The molecule has 0 spiro atoms. The van der Waals surface area contributed by atoms with Gasteiger partial charge in [0, 0.05) is 11.4 Å². The summed E-state index contributed by atoms with van der Waals surface area (Å²) >= 11 is 5.33. The molecule has 1 aliphatic rings. The Bertz CT molecular complexity index is 720. The van der Waals surface area contributed by atoms with E-state index in [4.69, 9.17) is 12.2 Å². The van der Waals surface area contributed by atoms with Crippen LogP contribution in [0.1, 0.15) is 44.7 Å². The maximum Gasteiger partial charge on any atom is 0.187 e. The highest BCUT2D eigenvalue weighted by Crippen LogP contribution is 2.17. The lowest BCUT2D eigenvalue weighted by atomic mass is 9.96. The fraction of sp³-hybridized carbons (Fsp3) is 0.389. The molecule has 1 aromatic heterocycles. The van der Waals surface area contributed by atoms with Gasteiger partial charge in [-0.3, -0.25) is 5.43 Å². The maximum atomic E-state index is 5.33. The molecule has 0 atom stereocenters. The van der Waals surface area contributed by atoms with Crippen molar-refractivity contribution in [3.05, 3.63) is 42.1 Å². The van der Waals surface area contributed by atoms with Crippen molar-refractivity contribution < 1.29 is 0 Å². The quantitative estimate of drug-likeness (QED) is 0.512. The van der Waals surface area contributed by atoms with Gasteiger partial charge in [0.15, 0.2) is 5.11 Å². The molecule has 2 aromatic rings. The number of fused-ring (bicyclic) bond motifs is 1. The number of aromatic nitrogens is 1. The van der Waals surface area contributed by atoms with Gasteiger partial charge in [0.1, 0.15) is 0 Å². The van der Waals surface area contributed by atoms with E-state index in [1.807, 2.05) is 31.2 Å². The fourth-order valence-electron chi connectivity index (χ4n) is 2.92. The van der Waals surface area contributed by atoms with E-state index in [0.717, 1.165) is 22.3 Å². The molecule has 0 unspecified atom stereocenters. The largest absolute Gasteiger partial charge is 0.359 e. The van der Waals surface area contributed by atoms with E-state index in [0.29, 0.717) is 11.2 Å². The van der Waals surface area contributed by atoms with Gasteiger partial charge in [0.05, 0.1) is 16.9 Å². The second-order valence-corrected chi connectivity index (χ2v) is 6.41. The second-order valence-electron chi connectivity index (χ2n) is 6.01. The lowest BCUT2D eigenvalue weighted by Gasteiger charge is -2.23. The molecular weight excluding hydrogens is 304 g/mol. The Morgan fingerprint density at radius 2 is 1.91 bits per heavy atom. The van der Waals surface area contributed by atoms with Gasteiger partial charge >= 0.3 is 0 Å². The van der Waals surface area contributed by atoms with Crippen LogP contribution in [0.15, 0.2) is 41.5 Å². The summed E-state index contributed by atoms with van der Waals surface area (Å²) < 4.78 is 0. The number of thiocarbonyl (C=S) groups is 1. The first kappa shape index (κ1) is 15.9. The predicted molar refractivity (Wildman–Crippen MR) is 99.7 cm³/mol. The van der Waals surface area contributed by atoms with Crippen LogP contribution < -0.4 is 10.7 Å². The molecule has 3 rings (SSSR count). The van der Waals surface area contributed by atoms with Gasteiger partial charge in [0.25, 0.3) is 0 Å². The Morgan fingerprint density at radius 3 is 2.74 bits per heavy atom. The number of rotatable bonds is 3. The Hall–Kier alpha value is -2.01. The predicted octanol–water partition coefficient (Wildman–Crippen LogP) is 3.76. The van der Waals surface area contributed by atoms with Crippen LogP contribution in [0, 0.1) is 0 Å². The molecule has 1 heterocycles. The Labute approximate surface area is 142 Å². The molecule has 0 amide bonds. The van der Waals surface area contributed by atoms with Crippen LogP contribution in [-0.2, 0) is 0 Å². The highest BCUT2D eigenvalue weighted by atomic mass is 32.1. The molecule has 1 aromatic carbocycles. The average Bonchev–Trinajstić information content (AvgIpc) is 2.60. The topological polar surface area (TPSA) is 49.3 Å². The zero-order valence-electron chi connectivity index (χ0n) is 13.4. The third-order valence-corrected chi connectivity index (χ3v) is 4.44. The summed E-state index contributed by atoms with van der Waals surface area (Å²) in [7, 11) is 0. The Morgan fingerprint density at radius 1 is 1.13 bits per heavy atom. The van der Waals surface area contributed by atoms with Crippen molar-refractivity contribution in [2.24, 2.45) is 5.10 Å². The number of para-hydroxylation sites is 1. The molecule has 0 bridgehead atoms. The molecule has 1 saturated carbocycles. The monoisotopic (exact) mass is 326 g/mol. The number of hydrogen-bond donors (Lipinski definition) is 2. The summed E-state index contributed by atoms with van der Waals surface area (Å²) in [4.78, 5) is 4.63. The first-order chi connectivity index (χ1) is 11.2. The zero-order valence-corrected chi connectivity index (χ0v) is 14.2. The summed E-state index contributed by atoms with van der Waals surface area (Å²) in [6.07, 6.45) is 6.28. The van der Waals surface area contributed by atoms with Crippen LogP contribution in [0.2, 0.25) is 0 Å². The van der Waals surface area contributed by atoms with E-state index in [1.54, 1.807) is 0 Å². The standard InChI is InChI=1S/C18H22N4S/c1-13(16-12-11-14-7-5-6-10-17(14)20-16)21-22-18(23)19-15-8-3-2-4-9-15/h5-7,10-12,15H,2-4,8-9H2,1H3,(H2,19,22,23). The van der Waals surface area contributed by atoms with Crippen molar-refractivity contribution in [2.75, 3.05) is 0 Å². The fourth-order valence-corrected chi connectivity index (χ4v) is 3.14. The summed E-state index contributed by atoms with van der Waals surface area (Å²) in [5, 5.41) is 9.44. The molecule has 1 aliphatic carbocycles. The normalized spacial score (nSPS) is 16.3. The van der Waals surface area contributed by atoms with Crippen molar-refractivity contribution in [1.82, 2.24) is 15.7 Å². The third-order valence-electron chi connectivity index (χ3n) is 4.23. The van der Waals surface area contributed by atoms with Crippen molar-refractivity contribution >= 4 is 33.9 Å². The molecule has 0 aliphatic heterocycles. The van der Waals surface area contributed by atoms with Crippen molar-refractivity contribution in [3.8, 4) is 0 Å².